The fraction of sp³-hybridized carbons (Fsp3) is 0.381. The normalized spacial score (nSPS) is 13.8. The van der Waals surface area contributed by atoms with Crippen molar-refractivity contribution in [1.29, 1.82) is 0 Å². The summed E-state index contributed by atoms with van der Waals surface area (Å²) in [6.45, 7) is 5.57. The molecule has 1 aromatic heterocycles. The van der Waals surface area contributed by atoms with E-state index in [2.05, 4.69) is 27.4 Å². The number of para-hydroxylation sites is 2. The molecule has 0 radical (unpaired) electrons. The zero-order chi connectivity index (χ0) is 19.8. The van der Waals surface area contributed by atoms with Gasteiger partial charge in [0.1, 0.15) is 0 Å². The summed E-state index contributed by atoms with van der Waals surface area (Å²) in [5.74, 6) is -0.513. The third kappa shape index (κ3) is 5.07. The largest absolute Gasteiger partial charge is 0.378 e. The molecule has 0 saturated carbocycles. The van der Waals surface area contributed by atoms with E-state index in [9.17, 15) is 9.59 Å². The Labute approximate surface area is 165 Å². The van der Waals surface area contributed by atoms with Gasteiger partial charge in [0.05, 0.1) is 35.7 Å². The highest BCUT2D eigenvalue weighted by atomic mass is 16.5. The van der Waals surface area contributed by atoms with Crippen LogP contribution in [0.4, 0.5) is 11.4 Å². The molecular weight excluding hydrogens is 356 g/mol. The molecule has 1 saturated heterocycles. The van der Waals surface area contributed by atoms with Crippen LogP contribution < -0.4 is 15.5 Å². The Morgan fingerprint density at radius 3 is 2.57 bits per heavy atom. The number of pyridine rings is 1. The quantitative estimate of drug-likeness (QED) is 0.720. The first-order valence-electron chi connectivity index (χ1n) is 9.65. The van der Waals surface area contributed by atoms with Crippen LogP contribution in [0.1, 0.15) is 40.5 Å². The molecule has 0 unspecified atom stereocenters. The molecule has 1 fully saturated rings. The maximum Gasteiger partial charge on any atom is 0.257 e. The Morgan fingerprint density at radius 2 is 1.82 bits per heavy atom. The zero-order valence-corrected chi connectivity index (χ0v) is 16.1. The highest BCUT2D eigenvalue weighted by molar-refractivity contribution is 6.07. The summed E-state index contributed by atoms with van der Waals surface area (Å²) in [6.07, 6.45) is 4.86. The van der Waals surface area contributed by atoms with Crippen molar-refractivity contribution in [1.82, 2.24) is 10.3 Å². The number of benzene rings is 1. The van der Waals surface area contributed by atoms with Crippen LogP contribution in [0.3, 0.4) is 0 Å². The van der Waals surface area contributed by atoms with Gasteiger partial charge in [0.2, 0.25) is 0 Å². The van der Waals surface area contributed by atoms with E-state index in [1.807, 2.05) is 24.3 Å². The van der Waals surface area contributed by atoms with Crippen LogP contribution in [0.2, 0.25) is 0 Å². The number of carbonyl (C=O) groups is 2. The van der Waals surface area contributed by atoms with Crippen molar-refractivity contribution in [2.45, 2.75) is 19.8 Å². The second kappa shape index (κ2) is 9.85. The summed E-state index contributed by atoms with van der Waals surface area (Å²) >= 11 is 0. The number of nitrogens with zero attached hydrogens (tertiary/aromatic N) is 2. The number of rotatable bonds is 7. The maximum absolute atomic E-state index is 12.8. The molecule has 2 aromatic rings. The molecule has 1 aliphatic heterocycles. The van der Waals surface area contributed by atoms with Gasteiger partial charge in [-0.05, 0) is 24.6 Å². The monoisotopic (exact) mass is 382 g/mol. The van der Waals surface area contributed by atoms with Crippen LogP contribution in [0, 0.1) is 0 Å². The van der Waals surface area contributed by atoms with Crippen molar-refractivity contribution >= 4 is 23.2 Å². The molecule has 28 heavy (non-hydrogen) atoms. The van der Waals surface area contributed by atoms with Gasteiger partial charge in [-0.15, -0.1) is 0 Å². The predicted molar refractivity (Wildman–Crippen MR) is 109 cm³/mol. The topological polar surface area (TPSA) is 83.6 Å². The van der Waals surface area contributed by atoms with Crippen molar-refractivity contribution in [2.24, 2.45) is 0 Å². The van der Waals surface area contributed by atoms with E-state index in [1.54, 1.807) is 6.07 Å². The van der Waals surface area contributed by atoms with Gasteiger partial charge in [-0.2, -0.15) is 0 Å². The van der Waals surface area contributed by atoms with E-state index in [1.165, 1.54) is 12.4 Å². The summed E-state index contributed by atoms with van der Waals surface area (Å²) in [5, 5.41) is 5.79. The molecule has 1 aliphatic rings. The van der Waals surface area contributed by atoms with Gasteiger partial charge >= 0.3 is 0 Å². The highest BCUT2D eigenvalue weighted by Gasteiger charge is 2.17. The summed E-state index contributed by atoms with van der Waals surface area (Å²) in [5.41, 5.74) is 2.41. The minimum Gasteiger partial charge on any atom is -0.378 e. The molecule has 0 atom stereocenters. The van der Waals surface area contributed by atoms with Crippen LogP contribution in [-0.2, 0) is 4.74 Å². The van der Waals surface area contributed by atoms with Crippen LogP contribution >= 0.6 is 0 Å². The lowest BCUT2D eigenvalue weighted by molar-refractivity contribution is 0.0952. The minimum absolute atomic E-state index is 0.218. The van der Waals surface area contributed by atoms with Crippen LogP contribution in [0.25, 0.3) is 0 Å². The summed E-state index contributed by atoms with van der Waals surface area (Å²) < 4.78 is 5.41. The van der Waals surface area contributed by atoms with Gasteiger partial charge in [-0.1, -0.05) is 25.5 Å². The van der Waals surface area contributed by atoms with Gasteiger partial charge in [0.25, 0.3) is 11.8 Å². The first-order chi connectivity index (χ1) is 13.7. The number of nitrogens with one attached hydrogen (secondary N) is 2. The number of hydrogen-bond donors (Lipinski definition) is 2. The van der Waals surface area contributed by atoms with E-state index in [0.717, 1.165) is 37.3 Å². The van der Waals surface area contributed by atoms with Gasteiger partial charge in [-0.3, -0.25) is 14.6 Å². The Hall–Kier alpha value is -2.93. The molecular formula is C21H26N4O3. The lowest BCUT2D eigenvalue weighted by Crippen LogP contribution is -2.36. The van der Waals surface area contributed by atoms with Crippen molar-refractivity contribution in [3.63, 3.8) is 0 Å². The molecule has 2 N–H and O–H groups in total. The van der Waals surface area contributed by atoms with E-state index in [-0.39, 0.29) is 11.8 Å². The minimum atomic E-state index is -0.295. The fourth-order valence-electron chi connectivity index (χ4n) is 3.02. The summed E-state index contributed by atoms with van der Waals surface area (Å²) in [4.78, 5) is 31.2. The molecule has 0 aliphatic carbocycles. The molecule has 3 rings (SSSR count). The van der Waals surface area contributed by atoms with Crippen LogP contribution in [0.5, 0.6) is 0 Å². The second-order valence-corrected chi connectivity index (χ2v) is 6.64. The standard InChI is InChI=1S/C21H26N4O3/c1-2-3-8-23-20(26)16-13-17(15-22-14-16)21(27)24-18-6-4-5-7-19(18)25-9-11-28-12-10-25/h4-7,13-15H,2-3,8-12H2,1H3,(H,23,26)(H,24,27). The zero-order valence-electron chi connectivity index (χ0n) is 16.1. The Balaban J connectivity index is 1.72. The number of morpholine rings is 1. The highest BCUT2D eigenvalue weighted by Crippen LogP contribution is 2.26. The van der Waals surface area contributed by atoms with E-state index < -0.39 is 0 Å². The van der Waals surface area contributed by atoms with Crippen LogP contribution in [-0.4, -0.2) is 49.6 Å². The first-order valence-corrected chi connectivity index (χ1v) is 9.65. The lowest BCUT2D eigenvalue weighted by atomic mass is 10.1. The van der Waals surface area contributed by atoms with Crippen LogP contribution in [0.15, 0.2) is 42.7 Å². The van der Waals surface area contributed by atoms with Gasteiger partial charge in [0.15, 0.2) is 0 Å². The van der Waals surface area contributed by atoms with E-state index >= 15 is 0 Å². The van der Waals surface area contributed by atoms with Crippen molar-refractivity contribution in [2.75, 3.05) is 43.1 Å². The van der Waals surface area contributed by atoms with E-state index in [4.69, 9.17) is 4.74 Å². The van der Waals surface area contributed by atoms with Gasteiger partial charge in [0, 0.05) is 32.0 Å². The van der Waals surface area contributed by atoms with Crippen molar-refractivity contribution in [3.8, 4) is 0 Å². The molecule has 0 bridgehead atoms. The molecule has 2 amide bonds. The Bertz CT molecular complexity index is 819. The first kappa shape index (κ1) is 19.8. The molecule has 2 heterocycles. The summed E-state index contributed by atoms with van der Waals surface area (Å²) in [7, 11) is 0. The average molecular weight is 382 g/mol. The molecule has 1 aromatic carbocycles. The number of anilines is 2. The third-order valence-corrected chi connectivity index (χ3v) is 4.58. The second-order valence-electron chi connectivity index (χ2n) is 6.64. The molecule has 7 heteroatoms. The third-order valence-electron chi connectivity index (χ3n) is 4.58. The maximum atomic E-state index is 12.8. The van der Waals surface area contributed by atoms with Crippen molar-refractivity contribution < 1.29 is 14.3 Å². The smallest absolute Gasteiger partial charge is 0.257 e. The number of unbranched alkanes of at least 4 members (excludes halogenated alkanes) is 1. The van der Waals surface area contributed by atoms with Gasteiger partial charge < -0.3 is 20.3 Å². The molecule has 148 valence electrons. The number of ether oxygens (including phenoxy) is 1. The molecule has 7 nitrogen and oxygen atoms in total. The van der Waals surface area contributed by atoms with Crippen molar-refractivity contribution in [3.05, 3.63) is 53.9 Å². The number of hydrogen-bond acceptors (Lipinski definition) is 5. The number of amides is 2. The Kier molecular flexibility index (Phi) is 6.97. The fourth-order valence-corrected chi connectivity index (χ4v) is 3.02. The summed E-state index contributed by atoms with van der Waals surface area (Å²) in [6, 6.07) is 9.26. The van der Waals surface area contributed by atoms with Gasteiger partial charge in [-0.25, -0.2) is 0 Å². The number of carbonyl (C=O) groups excluding carboxylic acids is 2. The molecule has 0 spiro atoms. The lowest BCUT2D eigenvalue weighted by Gasteiger charge is -2.30. The predicted octanol–water partition coefficient (Wildman–Crippen LogP) is 2.70. The number of aromatic nitrogens is 1. The Morgan fingerprint density at radius 1 is 1.11 bits per heavy atom. The SMILES string of the molecule is CCCCNC(=O)c1cncc(C(=O)Nc2ccccc2N2CCOCC2)c1. The van der Waals surface area contributed by atoms with E-state index in [0.29, 0.717) is 30.9 Å². The average Bonchev–Trinajstić information content (AvgIpc) is 2.75.